The summed E-state index contributed by atoms with van der Waals surface area (Å²) < 4.78 is 28.2. The lowest BCUT2D eigenvalue weighted by atomic mass is 9.99. The fourth-order valence-electron chi connectivity index (χ4n) is 4.40. The number of fused-ring (bicyclic) bond motifs is 2. The van der Waals surface area contributed by atoms with E-state index >= 15 is 0 Å². The SMILES string of the molecule is COC(=O)C1(C)OCC(Cc2ccc(OCCN3c4ccccc4Oc4ccccc43)cc2)CO1. The van der Waals surface area contributed by atoms with Crippen LogP contribution in [0.2, 0.25) is 0 Å². The Morgan fingerprint density at radius 2 is 1.54 bits per heavy atom. The molecule has 2 heterocycles. The topological polar surface area (TPSA) is 66.5 Å². The molecule has 0 unspecified atom stereocenters. The zero-order valence-electron chi connectivity index (χ0n) is 19.9. The van der Waals surface area contributed by atoms with Gasteiger partial charge in [0.25, 0.3) is 5.79 Å². The zero-order chi connectivity index (χ0) is 24.3. The summed E-state index contributed by atoms with van der Waals surface area (Å²) in [6.45, 7) is 3.68. The Balaban J connectivity index is 1.15. The average molecular weight is 476 g/mol. The maximum Gasteiger partial charge on any atom is 0.366 e. The number of ether oxygens (including phenoxy) is 5. The Kier molecular flexibility index (Phi) is 6.61. The normalized spacial score (nSPS) is 20.9. The van der Waals surface area contributed by atoms with Crippen LogP contribution in [0.25, 0.3) is 0 Å². The van der Waals surface area contributed by atoms with Gasteiger partial charge in [0, 0.05) is 12.8 Å². The lowest BCUT2D eigenvalue weighted by Gasteiger charge is -2.35. The first-order chi connectivity index (χ1) is 17.1. The lowest BCUT2D eigenvalue weighted by Crippen LogP contribution is -2.48. The summed E-state index contributed by atoms with van der Waals surface area (Å²) in [5, 5.41) is 0. The molecule has 0 amide bonds. The smallest absolute Gasteiger partial charge is 0.366 e. The van der Waals surface area contributed by atoms with Gasteiger partial charge in [-0.05, 0) is 48.4 Å². The Morgan fingerprint density at radius 3 is 2.14 bits per heavy atom. The van der Waals surface area contributed by atoms with Crippen molar-refractivity contribution in [1.29, 1.82) is 0 Å². The predicted molar refractivity (Wildman–Crippen MR) is 131 cm³/mol. The second-order valence-corrected chi connectivity index (χ2v) is 8.81. The molecule has 182 valence electrons. The standard InChI is InChI=1S/C28H29NO6/c1-28(27(30)31-2)33-18-21(19-34-28)17-20-11-13-22(14-12-20)32-16-15-29-23-7-3-5-9-25(23)35-26-10-6-4-8-24(26)29/h3-14,21H,15-19H2,1-2H3. The molecule has 0 radical (unpaired) electrons. The molecule has 0 saturated carbocycles. The summed E-state index contributed by atoms with van der Waals surface area (Å²) in [7, 11) is 1.33. The average Bonchev–Trinajstić information content (AvgIpc) is 2.90. The van der Waals surface area contributed by atoms with Crippen molar-refractivity contribution in [2.45, 2.75) is 19.1 Å². The van der Waals surface area contributed by atoms with E-state index in [0.717, 1.165) is 40.6 Å². The number of benzene rings is 3. The number of hydrogen-bond acceptors (Lipinski definition) is 7. The van der Waals surface area contributed by atoms with Crippen molar-refractivity contribution in [3.63, 3.8) is 0 Å². The van der Waals surface area contributed by atoms with Crippen LogP contribution in [-0.2, 0) is 25.4 Å². The van der Waals surface area contributed by atoms with Crippen LogP contribution in [0.5, 0.6) is 17.2 Å². The van der Waals surface area contributed by atoms with Crippen LogP contribution >= 0.6 is 0 Å². The summed E-state index contributed by atoms with van der Waals surface area (Å²) in [4.78, 5) is 14.0. The van der Waals surface area contributed by atoms with Crippen molar-refractivity contribution in [3.05, 3.63) is 78.4 Å². The van der Waals surface area contributed by atoms with E-state index in [-0.39, 0.29) is 5.92 Å². The van der Waals surface area contributed by atoms with Crippen LogP contribution in [0.3, 0.4) is 0 Å². The molecule has 2 aliphatic heterocycles. The quantitative estimate of drug-likeness (QED) is 0.440. The van der Waals surface area contributed by atoms with Crippen molar-refractivity contribution in [3.8, 4) is 17.2 Å². The maximum absolute atomic E-state index is 11.8. The van der Waals surface area contributed by atoms with Gasteiger partial charge < -0.3 is 28.6 Å². The number of nitrogens with zero attached hydrogens (tertiary/aromatic N) is 1. The molecule has 35 heavy (non-hydrogen) atoms. The first-order valence-corrected chi connectivity index (χ1v) is 11.8. The molecule has 0 N–H and O–H groups in total. The van der Waals surface area contributed by atoms with Crippen LogP contribution in [-0.4, -0.2) is 45.2 Å². The highest BCUT2D eigenvalue weighted by atomic mass is 16.7. The van der Waals surface area contributed by atoms with Crippen LogP contribution < -0.4 is 14.4 Å². The monoisotopic (exact) mass is 475 g/mol. The summed E-state index contributed by atoms with van der Waals surface area (Å²) in [5.74, 6) is 0.849. The number of rotatable bonds is 7. The van der Waals surface area contributed by atoms with Crippen LogP contribution in [0.15, 0.2) is 72.8 Å². The molecule has 0 aliphatic carbocycles. The Labute approximate surface area is 205 Å². The van der Waals surface area contributed by atoms with Gasteiger partial charge in [0.1, 0.15) is 12.4 Å². The van der Waals surface area contributed by atoms with Gasteiger partial charge in [0.05, 0.1) is 38.2 Å². The van der Waals surface area contributed by atoms with Gasteiger partial charge in [0.15, 0.2) is 11.5 Å². The minimum absolute atomic E-state index is 0.168. The molecule has 0 bridgehead atoms. The predicted octanol–water partition coefficient (Wildman–Crippen LogP) is 5.10. The summed E-state index contributed by atoms with van der Waals surface area (Å²) in [5.41, 5.74) is 3.22. The van der Waals surface area contributed by atoms with Crippen LogP contribution in [0, 0.1) is 5.92 Å². The third-order valence-electron chi connectivity index (χ3n) is 6.31. The summed E-state index contributed by atoms with van der Waals surface area (Å²) >= 11 is 0. The van der Waals surface area contributed by atoms with E-state index in [1.807, 2.05) is 48.5 Å². The number of anilines is 2. The fraction of sp³-hybridized carbons (Fsp3) is 0.321. The largest absolute Gasteiger partial charge is 0.492 e. The van der Waals surface area contributed by atoms with E-state index in [0.29, 0.717) is 26.4 Å². The molecule has 5 rings (SSSR count). The van der Waals surface area contributed by atoms with Gasteiger partial charge in [-0.3, -0.25) is 0 Å². The number of hydrogen-bond donors (Lipinski definition) is 0. The van der Waals surface area contributed by atoms with Crippen molar-refractivity contribution in [1.82, 2.24) is 0 Å². The van der Waals surface area contributed by atoms with Crippen molar-refractivity contribution >= 4 is 17.3 Å². The first kappa shape index (κ1) is 23.2. The van der Waals surface area contributed by atoms with Gasteiger partial charge in [0.2, 0.25) is 0 Å². The number of esters is 1. The van der Waals surface area contributed by atoms with Gasteiger partial charge in [-0.25, -0.2) is 4.79 Å². The van der Waals surface area contributed by atoms with Gasteiger partial charge in [-0.1, -0.05) is 36.4 Å². The number of carbonyl (C=O) groups excluding carboxylic acids is 1. The molecule has 0 atom stereocenters. The Hall–Kier alpha value is -3.55. The highest BCUT2D eigenvalue weighted by molar-refractivity contribution is 5.78. The molecule has 7 heteroatoms. The van der Waals surface area contributed by atoms with E-state index in [4.69, 9.17) is 23.7 Å². The summed E-state index contributed by atoms with van der Waals surface area (Å²) in [6.07, 6.45) is 0.791. The molecule has 7 nitrogen and oxygen atoms in total. The molecule has 0 spiro atoms. The second kappa shape index (κ2) is 9.98. The van der Waals surface area contributed by atoms with Crippen molar-refractivity contribution < 1.29 is 28.5 Å². The van der Waals surface area contributed by atoms with Gasteiger partial charge in [-0.15, -0.1) is 0 Å². The molecule has 3 aromatic carbocycles. The van der Waals surface area contributed by atoms with E-state index in [2.05, 4.69) is 29.2 Å². The van der Waals surface area contributed by atoms with Crippen LogP contribution in [0.1, 0.15) is 12.5 Å². The highest BCUT2D eigenvalue weighted by Gasteiger charge is 2.41. The van der Waals surface area contributed by atoms with Crippen molar-refractivity contribution in [2.24, 2.45) is 5.92 Å². The van der Waals surface area contributed by atoms with Crippen molar-refractivity contribution in [2.75, 3.05) is 38.4 Å². The molecule has 1 saturated heterocycles. The number of methoxy groups -OCH3 is 1. The fourth-order valence-corrected chi connectivity index (χ4v) is 4.40. The minimum Gasteiger partial charge on any atom is -0.492 e. The molecule has 2 aliphatic rings. The molecule has 3 aromatic rings. The first-order valence-electron chi connectivity index (χ1n) is 11.8. The molecular formula is C28H29NO6. The van der Waals surface area contributed by atoms with E-state index in [1.165, 1.54) is 7.11 Å². The minimum atomic E-state index is -1.32. The number of carbonyl (C=O) groups is 1. The maximum atomic E-state index is 11.8. The van der Waals surface area contributed by atoms with E-state index < -0.39 is 11.8 Å². The van der Waals surface area contributed by atoms with Gasteiger partial charge >= 0.3 is 5.97 Å². The third kappa shape index (κ3) is 4.97. The molecule has 1 fully saturated rings. The highest BCUT2D eigenvalue weighted by Crippen LogP contribution is 2.45. The third-order valence-corrected chi connectivity index (χ3v) is 6.31. The molecular weight excluding hydrogens is 446 g/mol. The molecule has 0 aromatic heterocycles. The lowest BCUT2D eigenvalue weighted by molar-refractivity contribution is -0.272. The Bertz CT molecular complexity index is 1120. The number of para-hydroxylation sites is 4. The summed E-state index contributed by atoms with van der Waals surface area (Å²) in [6, 6.07) is 24.2. The van der Waals surface area contributed by atoms with Gasteiger partial charge in [-0.2, -0.15) is 0 Å². The van der Waals surface area contributed by atoms with E-state index in [1.54, 1.807) is 6.92 Å². The zero-order valence-corrected chi connectivity index (χ0v) is 19.9. The Morgan fingerprint density at radius 1 is 0.943 bits per heavy atom. The second-order valence-electron chi connectivity index (χ2n) is 8.81. The van der Waals surface area contributed by atoms with Crippen LogP contribution in [0.4, 0.5) is 11.4 Å². The van der Waals surface area contributed by atoms with E-state index in [9.17, 15) is 4.79 Å².